The molecule has 0 spiro atoms. The van der Waals surface area contributed by atoms with E-state index in [-0.39, 0.29) is 52.6 Å². The number of rotatable bonds is 5. The number of imidazole rings is 1. The topological polar surface area (TPSA) is 86.9 Å². The monoisotopic (exact) mass is 414 g/mol. The number of carbonyl (C=O) groups is 2. The number of aromatic amines is 1. The van der Waals surface area contributed by atoms with Crippen LogP contribution in [-0.2, 0) is 21.4 Å². The van der Waals surface area contributed by atoms with Crippen molar-refractivity contribution in [3.63, 3.8) is 0 Å². The molecule has 0 bridgehead atoms. The lowest BCUT2D eigenvalue weighted by Crippen LogP contribution is -2.55. The molecule has 6 heteroatoms. The number of nitrogens with zero attached hydrogens (tertiary/aromatic N) is 1. The van der Waals surface area contributed by atoms with Crippen LogP contribution in [0.1, 0.15) is 60.5 Å². The third-order valence-electron chi connectivity index (χ3n) is 4.51. The highest BCUT2D eigenvalue weighted by Crippen LogP contribution is 2.26. The van der Waals surface area contributed by atoms with E-state index >= 15 is 0 Å². The van der Waals surface area contributed by atoms with Crippen molar-refractivity contribution in [2.75, 3.05) is 0 Å². The van der Waals surface area contributed by atoms with Crippen LogP contribution in [-0.4, -0.2) is 27.8 Å². The molecular weight excluding hydrogens is 376 g/mol. The summed E-state index contributed by atoms with van der Waals surface area (Å²) in [6, 6.07) is 8.99. The van der Waals surface area contributed by atoms with Crippen LogP contribution in [0.5, 0.6) is 0 Å². The smallest absolute Gasteiger partial charge is 0.268 e. The second-order valence-corrected chi connectivity index (χ2v) is 6.85. The van der Waals surface area contributed by atoms with E-state index in [2.05, 4.69) is 27.2 Å². The minimum atomic E-state index is -0.592. The van der Waals surface area contributed by atoms with Gasteiger partial charge in [-0.25, -0.2) is 4.98 Å². The molecule has 0 radical (unpaired) electrons. The summed E-state index contributed by atoms with van der Waals surface area (Å²) in [6.45, 7) is 7.82. The number of hydrogen-bond donors (Lipinski definition) is 3. The molecule has 166 valence electrons. The summed E-state index contributed by atoms with van der Waals surface area (Å²) in [5, 5.41) is 5.47. The maximum atomic E-state index is 12.4. The van der Waals surface area contributed by atoms with E-state index in [0.29, 0.717) is 12.1 Å². The first-order valence-corrected chi connectivity index (χ1v) is 8.45. The van der Waals surface area contributed by atoms with Gasteiger partial charge >= 0.3 is 0 Å². The van der Waals surface area contributed by atoms with E-state index in [9.17, 15) is 9.59 Å². The summed E-state index contributed by atoms with van der Waals surface area (Å²) in [5.74, 6) is -0.560. The lowest BCUT2D eigenvalue weighted by atomic mass is 9.88. The molecule has 1 aromatic heterocycles. The second kappa shape index (κ2) is 11.8. The van der Waals surface area contributed by atoms with Gasteiger partial charge in [0.05, 0.1) is 17.7 Å². The number of piperazine rings is 1. The predicted molar refractivity (Wildman–Crippen MR) is 127 cm³/mol. The van der Waals surface area contributed by atoms with E-state index in [0.717, 1.165) is 11.3 Å². The molecule has 2 aromatic rings. The minimum Gasteiger partial charge on any atom is -0.347 e. The molecule has 1 aliphatic heterocycles. The Kier molecular flexibility index (Phi) is 11.4. The van der Waals surface area contributed by atoms with Gasteiger partial charge in [-0.15, -0.1) is 6.58 Å². The number of amides is 2. The summed E-state index contributed by atoms with van der Waals surface area (Å²) in [5.41, 5.74) is 2.26. The molecule has 2 amide bonds. The zero-order valence-corrected chi connectivity index (χ0v) is 14.9. The highest BCUT2D eigenvalue weighted by molar-refractivity contribution is 6.07. The molecule has 1 aromatic carbocycles. The Balaban J connectivity index is 0. The van der Waals surface area contributed by atoms with Crippen LogP contribution in [0.4, 0.5) is 0 Å². The maximum Gasteiger partial charge on any atom is 0.268 e. The lowest BCUT2D eigenvalue weighted by Gasteiger charge is -2.25. The van der Waals surface area contributed by atoms with Crippen molar-refractivity contribution in [2.45, 2.75) is 61.4 Å². The van der Waals surface area contributed by atoms with E-state index in [1.165, 1.54) is 0 Å². The molecular formula is C24H38N4O2. The molecule has 30 heavy (non-hydrogen) atoms. The molecule has 0 saturated carbocycles. The first-order chi connectivity index (χ1) is 12.4. The van der Waals surface area contributed by atoms with E-state index in [1.54, 1.807) is 18.5 Å². The molecule has 1 fully saturated rings. The Morgan fingerprint density at radius 2 is 1.73 bits per heavy atom. The SMILES string of the molecule is C.C.C.C.C=CC(C)(C)c1[nH]cnc1/C=C1\NC(=O)[C@H](Cc2ccccc2)NC1=O. The van der Waals surface area contributed by atoms with Gasteiger partial charge in [-0.2, -0.15) is 0 Å². The first kappa shape index (κ1) is 29.1. The highest BCUT2D eigenvalue weighted by atomic mass is 16.2. The Morgan fingerprint density at radius 3 is 2.33 bits per heavy atom. The normalized spacial score (nSPS) is 16.6. The molecule has 1 saturated heterocycles. The Morgan fingerprint density at radius 1 is 1.10 bits per heavy atom. The molecule has 2 heterocycles. The Hall–Kier alpha value is -3.15. The van der Waals surface area contributed by atoms with Crippen molar-refractivity contribution in [1.82, 2.24) is 20.6 Å². The molecule has 1 atom stereocenters. The van der Waals surface area contributed by atoms with Gasteiger partial charge in [-0.3, -0.25) is 9.59 Å². The van der Waals surface area contributed by atoms with Crippen LogP contribution in [0.15, 0.2) is 55.0 Å². The number of hydrogen-bond acceptors (Lipinski definition) is 3. The number of allylic oxidation sites excluding steroid dienone is 1. The lowest BCUT2D eigenvalue weighted by molar-refractivity contribution is -0.131. The Bertz CT molecular complexity index is 866. The molecule has 1 aliphatic rings. The summed E-state index contributed by atoms with van der Waals surface area (Å²) in [7, 11) is 0. The van der Waals surface area contributed by atoms with Gasteiger partial charge in [0.1, 0.15) is 11.7 Å². The molecule has 0 unspecified atom stereocenters. The van der Waals surface area contributed by atoms with Gasteiger partial charge in [-0.05, 0) is 11.6 Å². The number of benzene rings is 1. The van der Waals surface area contributed by atoms with Crippen LogP contribution in [0.25, 0.3) is 6.08 Å². The minimum absolute atomic E-state index is 0. The van der Waals surface area contributed by atoms with Crippen molar-refractivity contribution in [2.24, 2.45) is 0 Å². The average Bonchev–Trinajstić information content (AvgIpc) is 3.09. The maximum absolute atomic E-state index is 12.4. The predicted octanol–water partition coefficient (Wildman–Crippen LogP) is 4.62. The van der Waals surface area contributed by atoms with Crippen LogP contribution >= 0.6 is 0 Å². The fourth-order valence-electron chi connectivity index (χ4n) is 2.84. The fraction of sp³-hybridized carbons (Fsp3) is 0.375. The number of H-pyrrole nitrogens is 1. The van der Waals surface area contributed by atoms with Gasteiger partial charge in [0.25, 0.3) is 5.91 Å². The second-order valence-electron chi connectivity index (χ2n) is 6.85. The summed E-state index contributed by atoms with van der Waals surface area (Å²) >= 11 is 0. The van der Waals surface area contributed by atoms with Crippen molar-refractivity contribution in [1.29, 1.82) is 0 Å². The van der Waals surface area contributed by atoms with Crippen molar-refractivity contribution in [3.8, 4) is 0 Å². The van der Waals surface area contributed by atoms with E-state index < -0.39 is 6.04 Å². The molecule has 6 nitrogen and oxygen atoms in total. The quantitative estimate of drug-likeness (QED) is 0.493. The van der Waals surface area contributed by atoms with Crippen LogP contribution in [0.2, 0.25) is 0 Å². The molecule has 3 N–H and O–H groups in total. The van der Waals surface area contributed by atoms with Crippen LogP contribution in [0, 0.1) is 0 Å². The van der Waals surface area contributed by atoms with E-state index in [1.807, 2.05) is 44.2 Å². The molecule has 0 aliphatic carbocycles. The van der Waals surface area contributed by atoms with Gasteiger partial charge in [-0.1, -0.05) is 80.0 Å². The van der Waals surface area contributed by atoms with Crippen LogP contribution < -0.4 is 10.6 Å². The van der Waals surface area contributed by atoms with Gasteiger partial charge in [0, 0.05) is 11.8 Å². The summed E-state index contributed by atoms with van der Waals surface area (Å²) in [4.78, 5) is 32.2. The average molecular weight is 415 g/mol. The first-order valence-electron chi connectivity index (χ1n) is 8.45. The van der Waals surface area contributed by atoms with Gasteiger partial charge < -0.3 is 15.6 Å². The standard InChI is InChI=1S/C20H22N4O2.4CH4/c1-4-20(2,3)17-14(21-12-22-17)11-16-19(26)23-15(18(25)24-16)10-13-8-6-5-7-9-13;;;;/h4-9,11-12,15H,1,10H2,2-3H3,(H,21,22)(H,23,26)(H,24,25);4*1H4/b16-11-;;;;/t15-;;;;/m0..../s1. The van der Waals surface area contributed by atoms with Gasteiger partial charge in [0.15, 0.2) is 0 Å². The number of carbonyl (C=O) groups excluding carboxylic acids is 2. The summed E-state index contributed by atoms with van der Waals surface area (Å²) < 4.78 is 0. The van der Waals surface area contributed by atoms with Crippen LogP contribution in [0.3, 0.4) is 0 Å². The highest BCUT2D eigenvalue weighted by Gasteiger charge is 2.30. The van der Waals surface area contributed by atoms with E-state index in [4.69, 9.17) is 0 Å². The third kappa shape index (κ3) is 6.17. The van der Waals surface area contributed by atoms with Crippen molar-refractivity contribution >= 4 is 17.9 Å². The van der Waals surface area contributed by atoms with Crippen molar-refractivity contribution < 1.29 is 9.59 Å². The third-order valence-corrected chi connectivity index (χ3v) is 4.51. The largest absolute Gasteiger partial charge is 0.347 e. The number of aromatic nitrogens is 2. The van der Waals surface area contributed by atoms with Crippen molar-refractivity contribution in [3.05, 3.63) is 72.0 Å². The zero-order valence-electron chi connectivity index (χ0n) is 14.9. The van der Waals surface area contributed by atoms with Gasteiger partial charge in [0.2, 0.25) is 5.91 Å². The fourth-order valence-corrected chi connectivity index (χ4v) is 2.84. The number of nitrogens with one attached hydrogen (secondary N) is 3. The Labute approximate surface area is 181 Å². The molecule has 3 rings (SSSR count). The summed E-state index contributed by atoms with van der Waals surface area (Å²) in [6.07, 6.45) is 5.40. The zero-order chi connectivity index (χ0) is 18.7.